The molecule has 3 rings (SSSR count). The Morgan fingerprint density at radius 2 is 1.69 bits per heavy atom. The van der Waals surface area contributed by atoms with Crippen molar-refractivity contribution < 1.29 is 14.5 Å². The van der Waals surface area contributed by atoms with E-state index in [2.05, 4.69) is 5.32 Å². The zero-order chi connectivity index (χ0) is 18.7. The first kappa shape index (κ1) is 17.3. The van der Waals surface area contributed by atoms with E-state index in [9.17, 15) is 19.7 Å². The Bertz CT molecular complexity index is 981. The van der Waals surface area contributed by atoms with Gasteiger partial charge in [0.05, 0.1) is 10.5 Å². The maximum absolute atomic E-state index is 12.4. The molecule has 0 spiro atoms. The Morgan fingerprint density at radius 3 is 2.27 bits per heavy atom. The number of anilines is 1. The summed E-state index contributed by atoms with van der Waals surface area (Å²) in [6.45, 7) is 0. The van der Waals surface area contributed by atoms with E-state index in [-0.39, 0.29) is 16.8 Å². The van der Waals surface area contributed by atoms with Crippen molar-refractivity contribution in [1.82, 2.24) is 0 Å². The molecule has 3 aromatic rings. The molecule has 0 radical (unpaired) electrons. The third-order valence-electron chi connectivity index (χ3n) is 3.69. The van der Waals surface area contributed by atoms with Crippen LogP contribution in [0.2, 0.25) is 0 Å². The van der Waals surface area contributed by atoms with E-state index in [1.54, 1.807) is 5.38 Å². The molecule has 130 valence electrons. The standard InChI is InChI=1S/C18H13N3O4S/c19-16(22)15-14(11-4-2-1-3-5-11)10-26-18(15)20-17(23)12-6-8-13(9-7-12)21(24)25/h1-10H,(H2,19,22)(H,20,23). The van der Waals surface area contributed by atoms with Crippen LogP contribution in [0.15, 0.2) is 60.0 Å². The topological polar surface area (TPSA) is 115 Å². The number of nitrogens with zero attached hydrogens (tertiary/aromatic N) is 1. The van der Waals surface area contributed by atoms with Crippen LogP contribution in [0, 0.1) is 10.1 Å². The normalized spacial score (nSPS) is 10.3. The highest BCUT2D eigenvalue weighted by Crippen LogP contribution is 2.35. The monoisotopic (exact) mass is 367 g/mol. The molecule has 0 saturated heterocycles. The molecule has 0 aliphatic carbocycles. The van der Waals surface area contributed by atoms with Gasteiger partial charge in [0, 0.05) is 28.6 Å². The summed E-state index contributed by atoms with van der Waals surface area (Å²) >= 11 is 1.19. The Kier molecular flexibility index (Phi) is 4.76. The molecule has 0 saturated carbocycles. The summed E-state index contributed by atoms with van der Waals surface area (Å²) in [6, 6.07) is 14.4. The molecule has 2 amide bonds. The first-order chi connectivity index (χ1) is 12.5. The first-order valence-electron chi connectivity index (χ1n) is 7.50. The highest BCUT2D eigenvalue weighted by molar-refractivity contribution is 7.15. The quantitative estimate of drug-likeness (QED) is 0.528. The van der Waals surface area contributed by atoms with Crippen molar-refractivity contribution in [2.24, 2.45) is 5.73 Å². The molecule has 0 bridgehead atoms. The molecule has 8 heteroatoms. The minimum Gasteiger partial charge on any atom is -0.365 e. The lowest BCUT2D eigenvalue weighted by molar-refractivity contribution is -0.384. The zero-order valence-corrected chi connectivity index (χ0v) is 14.2. The number of nitrogens with one attached hydrogen (secondary N) is 1. The van der Waals surface area contributed by atoms with Crippen LogP contribution < -0.4 is 11.1 Å². The van der Waals surface area contributed by atoms with Crippen molar-refractivity contribution in [3.05, 3.63) is 81.2 Å². The summed E-state index contributed by atoms with van der Waals surface area (Å²) in [7, 11) is 0. The van der Waals surface area contributed by atoms with Crippen LogP contribution in [0.3, 0.4) is 0 Å². The van der Waals surface area contributed by atoms with Gasteiger partial charge in [-0.1, -0.05) is 30.3 Å². The fourth-order valence-electron chi connectivity index (χ4n) is 2.43. The molecule has 0 unspecified atom stereocenters. The molecule has 3 N–H and O–H groups in total. The van der Waals surface area contributed by atoms with E-state index in [1.807, 2.05) is 30.3 Å². The number of amides is 2. The van der Waals surface area contributed by atoms with E-state index in [1.165, 1.54) is 35.6 Å². The van der Waals surface area contributed by atoms with Gasteiger partial charge in [-0.05, 0) is 17.7 Å². The molecular formula is C18H13N3O4S. The van der Waals surface area contributed by atoms with Crippen LogP contribution in [0.1, 0.15) is 20.7 Å². The van der Waals surface area contributed by atoms with E-state index in [4.69, 9.17) is 5.73 Å². The zero-order valence-electron chi connectivity index (χ0n) is 13.3. The minimum atomic E-state index is -0.649. The smallest absolute Gasteiger partial charge is 0.269 e. The van der Waals surface area contributed by atoms with Gasteiger partial charge in [0.2, 0.25) is 0 Å². The van der Waals surface area contributed by atoms with Crippen molar-refractivity contribution in [1.29, 1.82) is 0 Å². The number of carbonyl (C=O) groups excluding carboxylic acids is 2. The summed E-state index contributed by atoms with van der Waals surface area (Å²) in [5.74, 6) is -1.13. The lowest BCUT2D eigenvalue weighted by Gasteiger charge is -2.06. The van der Waals surface area contributed by atoms with E-state index in [0.717, 1.165) is 5.56 Å². The fourth-order valence-corrected chi connectivity index (χ4v) is 3.40. The SMILES string of the molecule is NC(=O)c1c(-c2ccccc2)csc1NC(=O)c1ccc([N+](=O)[O-])cc1. The second-order valence-electron chi connectivity index (χ2n) is 5.34. The third-order valence-corrected chi connectivity index (χ3v) is 4.59. The fraction of sp³-hybridized carbons (Fsp3) is 0. The van der Waals surface area contributed by atoms with Crippen molar-refractivity contribution >= 4 is 33.8 Å². The molecule has 7 nitrogen and oxygen atoms in total. The number of nitrogens with two attached hydrogens (primary N) is 1. The van der Waals surface area contributed by atoms with Crippen molar-refractivity contribution in [2.75, 3.05) is 5.32 Å². The molecule has 26 heavy (non-hydrogen) atoms. The lowest BCUT2D eigenvalue weighted by atomic mass is 10.0. The Balaban J connectivity index is 1.90. The van der Waals surface area contributed by atoms with E-state index < -0.39 is 16.7 Å². The van der Waals surface area contributed by atoms with Gasteiger partial charge in [-0.15, -0.1) is 11.3 Å². The van der Waals surface area contributed by atoms with Crippen LogP contribution in [0.4, 0.5) is 10.7 Å². The van der Waals surface area contributed by atoms with Crippen LogP contribution >= 0.6 is 11.3 Å². The summed E-state index contributed by atoms with van der Waals surface area (Å²) in [4.78, 5) is 34.4. The van der Waals surface area contributed by atoms with Crippen molar-refractivity contribution in [3.63, 3.8) is 0 Å². The van der Waals surface area contributed by atoms with E-state index >= 15 is 0 Å². The Morgan fingerprint density at radius 1 is 1.04 bits per heavy atom. The summed E-state index contributed by atoms with van der Waals surface area (Å²) in [5.41, 5.74) is 7.32. The highest BCUT2D eigenvalue weighted by atomic mass is 32.1. The Labute approximate surface area is 152 Å². The second kappa shape index (κ2) is 7.16. The van der Waals surface area contributed by atoms with Crippen LogP contribution in [0.5, 0.6) is 0 Å². The van der Waals surface area contributed by atoms with Crippen molar-refractivity contribution in [3.8, 4) is 11.1 Å². The Hall–Kier alpha value is -3.52. The predicted octanol–water partition coefficient (Wildman–Crippen LogP) is 3.67. The van der Waals surface area contributed by atoms with Gasteiger partial charge in [-0.3, -0.25) is 19.7 Å². The number of nitro groups is 1. The molecule has 0 atom stereocenters. The molecule has 1 aromatic heterocycles. The number of carbonyl (C=O) groups is 2. The van der Waals surface area contributed by atoms with Gasteiger partial charge < -0.3 is 11.1 Å². The van der Waals surface area contributed by atoms with Crippen LogP contribution in [0.25, 0.3) is 11.1 Å². The number of thiophene rings is 1. The second-order valence-corrected chi connectivity index (χ2v) is 6.22. The lowest BCUT2D eigenvalue weighted by Crippen LogP contribution is -2.17. The van der Waals surface area contributed by atoms with Crippen LogP contribution in [-0.2, 0) is 0 Å². The van der Waals surface area contributed by atoms with Gasteiger partial charge in [0.1, 0.15) is 5.00 Å². The van der Waals surface area contributed by atoms with Gasteiger partial charge in [-0.2, -0.15) is 0 Å². The average molecular weight is 367 g/mol. The number of nitro benzene ring substituents is 1. The van der Waals surface area contributed by atoms with Gasteiger partial charge >= 0.3 is 0 Å². The van der Waals surface area contributed by atoms with Gasteiger partial charge in [0.15, 0.2) is 0 Å². The summed E-state index contributed by atoms with van der Waals surface area (Å²) in [5, 5.41) is 15.4. The number of non-ortho nitro benzene ring substituents is 1. The first-order valence-corrected chi connectivity index (χ1v) is 8.38. The number of benzene rings is 2. The predicted molar refractivity (Wildman–Crippen MR) is 99.3 cm³/mol. The molecular weight excluding hydrogens is 354 g/mol. The molecule has 0 fully saturated rings. The van der Waals surface area contributed by atoms with Crippen LogP contribution in [-0.4, -0.2) is 16.7 Å². The molecule has 1 heterocycles. The highest BCUT2D eigenvalue weighted by Gasteiger charge is 2.20. The number of hydrogen-bond donors (Lipinski definition) is 2. The van der Waals surface area contributed by atoms with Crippen molar-refractivity contribution in [2.45, 2.75) is 0 Å². The number of rotatable bonds is 5. The van der Waals surface area contributed by atoms with E-state index in [0.29, 0.717) is 10.6 Å². The molecule has 0 aliphatic heterocycles. The van der Waals surface area contributed by atoms with Gasteiger partial charge in [-0.25, -0.2) is 0 Å². The summed E-state index contributed by atoms with van der Waals surface area (Å²) < 4.78 is 0. The number of primary amides is 1. The molecule has 2 aromatic carbocycles. The maximum Gasteiger partial charge on any atom is 0.269 e. The summed E-state index contributed by atoms with van der Waals surface area (Å²) in [6.07, 6.45) is 0. The third kappa shape index (κ3) is 3.45. The molecule has 0 aliphatic rings. The average Bonchev–Trinajstić information content (AvgIpc) is 3.06. The minimum absolute atomic E-state index is 0.109. The van der Waals surface area contributed by atoms with Gasteiger partial charge in [0.25, 0.3) is 17.5 Å². The number of hydrogen-bond acceptors (Lipinski definition) is 5. The largest absolute Gasteiger partial charge is 0.365 e. The maximum atomic E-state index is 12.4.